The molecule has 1 fully saturated rings. The Morgan fingerprint density at radius 2 is 1.77 bits per heavy atom. The number of aliphatic hydroxyl groups excluding tert-OH is 1. The van der Waals surface area contributed by atoms with Gasteiger partial charge in [-0.15, -0.1) is 0 Å². The number of aromatic nitrogens is 3. The molecular weight excluding hydrogens is 398 g/mol. The standard InChI is InChI=1S/C23H27N3O5/c1-23(7-5-14(27)6-8-23)21(28)15-11-24-22-19(15)26-16(12-25-22)13-9-17(29-2)20(31-4)18(10-13)30-3/h9-12,14,27H,5-8H2,1-4H3,(H,24,25)/t14-,23-. The van der Waals surface area contributed by atoms with Gasteiger partial charge in [0.1, 0.15) is 5.52 Å². The predicted octanol–water partition coefficient (Wildman–Crippen LogP) is 3.77. The van der Waals surface area contributed by atoms with E-state index in [-0.39, 0.29) is 11.9 Å². The van der Waals surface area contributed by atoms with E-state index in [9.17, 15) is 9.90 Å². The lowest BCUT2D eigenvalue weighted by molar-refractivity contribution is 0.0532. The van der Waals surface area contributed by atoms with Crippen molar-refractivity contribution in [3.8, 4) is 28.5 Å². The van der Waals surface area contributed by atoms with Gasteiger partial charge in [-0.3, -0.25) is 4.79 Å². The SMILES string of the molecule is COc1cc(-c2cnc3[nH]cc(C(=O)[C@]4(C)CC[C@@H](O)CC4)c3n2)cc(OC)c1OC. The molecule has 8 nitrogen and oxygen atoms in total. The van der Waals surface area contributed by atoms with E-state index in [2.05, 4.69) is 9.97 Å². The average Bonchev–Trinajstić information content (AvgIpc) is 3.22. The summed E-state index contributed by atoms with van der Waals surface area (Å²) in [5, 5.41) is 9.84. The van der Waals surface area contributed by atoms with Crippen LogP contribution in [0.25, 0.3) is 22.4 Å². The second-order valence-corrected chi connectivity index (χ2v) is 8.19. The summed E-state index contributed by atoms with van der Waals surface area (Å²) in [4.78, 5) is 25.7. The van der Waals surface area contributed by atoms with Crippen LogP contribution in [0.4, 0.5) is 0 Å². The summed E-state index contributed by atoms with van der Waals surface area (Å²) in [5.41, 5.74) is 2.41. The predicted molar refractivity (Wildman–Crippen MR) is 116 cm³/mol. The Kier molecular flexibility index (Phi) is 5.58. The van der Waals surface area contributed by atoms with Gasteiger partial charge in [-0.25, -0.2) is 9.97 Å². The van der Waals surface area contributed by atoms with Gasteiger partial charge in [0.25, 0.3) is 0 Å². The Balaban J connectivity index is 1.77. The lowest BCUT2D eigenvalue weighted by atomic mass is 9.70. The molecule has 0 atom stereocenters. The van der Waals surface area contributed by atoms with Gasteiger partial charge in [0.15, 0.2) is 22.9 Å². The smallest absolute Gasteiger partial charge is 0.203 e. The average molecular weight is 425 g/mol. The third-order valence-corrected chi connectivity index (χ3v) is 6.19. The van der Waals surface area contributed by atoms with E-state index in [4.69, 9.17) is 19.2 Å². The highest BCUT2D eigenvalue weighted by atomic mass is 16.5. The van der Waals surface area contributed by atoms with E-state index in [0.29, 0.717) is 65.4 Å². The van der Waals surface area contributed by atoms with Crippen LogP contribution in [0.2, 0.25) is 0 Å². The van der Waals surface area contributed by atoms with Crippen LogP contribution >= 0.6 is 0 Å². The number of ketones is 1. The molecule has 3 aromatic rings. The minimum absolute atomic E-state index is 0.0296. The molecule has 1 aromatic carbocycles. The van der Waals surface area contributed by atoms with Crippen LogP contribution in [-0.4, -0.2) is 53.3 Å². The van der Waals surface area contributed by atoms with Crippen molar-refractivity contribution >= 4 is 16.9 Å². The summed E-state index contributed by atoms with van der Waals surface area (Å²) in [6.07, 6.45) is 5.57. The number of ether oxygens (including phenoxy) is 3. The number of aliphatic hydroxyl groups is 1. The molecule has 1 aliphatic rings. The van der Waals surface area contributed by atoms with E-state index in [1.807, 2.05) is 6.92 Å². The molecule has 0 unspecified atom stereocenters. The van der Waals surface area contributed by atoms with Gasteiger partial charge in [0.2, 0.25) is 5.75 Å². The van der Waals surface area contributed by atoms with Crippen molar-refractivity contribution in [3.05, 3.63) is 30.1 Å². The number of Topliss-reactive ketones (excluding diaryl/α,β-unsaturated/α-hetero) is 1. The van der Waals surface area contributed by atoms with Crippen LogP contribution in [0.5, 0.6) is 17.2 Å². The monoisotopic (exact) mass is 425 g/mol. The first kappa shape index (κ1) is 21.1. The molecule has 0 aliphatic heterocycles. The molecule has 0 saturated heterocycles. The maximum Gasteiger partial charge on any atom is 0.203 e. The van der Waals surface area contributed by atoms with Crippen LogP contribution in [0.1, 0.15) is 43.0 Å². The van der Waals surface area contributed by atoms with Crippen molar-refractivity contribution in [2.24, 2.45) is 5.41 Å². The molecule has 2 aromatic heterocycles. The van der Waals surface area contributed by atoms with Gasteiger partial charge in [0.05, 0.1) is 44.9 Å². The summed E-state index contributed by atoms with van der Waals surface area (Å²) in [6, 6.07) is 3.60. The highest BCUT2D eigenvalue weighted by molar-refractivity contribution is 6.08. The van der Waals surface area contributed by atoms with Crippen LogP contribution in [0.15, 0.2) is 24.5 Å². The maximum absolute atomic E-state index is 13.4. The van der Waals surface area contributed by atoms with Crippen LogP contribution in [-0.2, 0) is 0 Å². The molecule has 0 spiro atoms. The first-order valence-corrected chi connectivity index (χ1v) is 10.3. The van der Waals surface area contributed by atoms with Gasteiger partial charge in [-0.05, 0) is 37.8 Å². The fraction of sp³-hybridized carbons (Fsp3) is 0.435. The summed E-state index contributed by atoms with van der Waals surface area (Å²) in [6.45, 7) is 1.97. The Hall–Kier alpha value is -3.13. The maximum atomic E-state index is 13.4. The molecule has 0 amide bonds. The van der Waals surface area contributed by atoms with Gasteiger partial charge in [0, 0.05) is 17.2 Å². The van der Waals surface area contributed by atoms with Gasteiger partial charge >= 0.3 is 0 Å². The molecule has 2 heterocycles. The number of methoxy groups -OCH3 is 3. The number of carbonyl (C=O) groups is 1. The van der Waals surface area contributed by atoms with E-state index in [1.165, 1.54) is 0 Å². The molecule has 0 radical (unpaired) electrons. The Morgan fingerprint density at radius 3 is 2.35 bits per heavy atom. The lowest BCUT2D eigenvalue weighted by Gasteiger charge is -2.34. The van der Waals surface area contributed by atoms with Gasteiger partial charge < -0.3 is 24.3 Å². The van der Waals surface area contributed by atoms with Crippen molar-refractivity contribution in [2.75, 3.05) is 21.3 Å². The van der Waals surface area contributed by atoms with Crippen LogP contribution < -0.4 is 14.2 Å². The normalized spacial score (nSPS) is 21.1. The highest BCUT2D eigenvalue weighted by Gasteiger charge is 2.38. The molecule has 164 valence electrons. The number of carbonyl (C=O) groups excluding carboxylic acids is 1. The number of benzene rings is 1. The number of H-pyrrole nitrogens is 1. The summed E-state index contributed by atoms with van der Waals surface area (Å²) < 4.78 is 16.3. The minimum Gasteiger partial charge on any atom is -0.493 e. The van der Waals surface area contributed by atoms with Crippen LogP contribution in [0.3, 0.4) is 0 Å². The fourth-order valence-electron chi connectivity index (χ4n) is 4.22. The summed E-state index contributed by atoms with van der Waals surface area (Å²) >= 11 is 0. The van der Waals surface area contributed by atoms with E-state index in [1.54, 1.807) is 45.9 Å². The Morgan fingerprint density at radius 1 is 1.13 bits per heavy atom. The number of nitrogens with zero attached hydrogens (tertiary/aromatic N) is 2. The number of fused-ring (bicyclic) bond motifs is 1. The number of nitrogens with one attached hydrogen (secondary N) is 1. The summed E-state index contributed by atoms with van der Waals surface area (Å²) in [5.74, 6) is 1.55. The first-order valence-electron chi connectivity index (χ1n) is 10.3. The largest absolute Gasteiger partial charge is 0.493 e. The molecule has 1 aliphatic carbocycles. The number of hydrogen-bond donors (Lipinski definition) is 2. The van der Waals surface area contributed by atoms with E-state index in [0.717, 1.165) is 5.56 Å². The third-order valence-electron chi connectivity index (χ3n) is 6.19. The van der Waals surface area contributed by atoms with Crippen molar-refractivity contribution in [1.82, 2.24) is 15.0 Å². The molecular formula is C23H27N3O5. The minimum atomic E-state index is -0.515. The molecule has 0 bridgehead atoms. The van der Waals surface area contributed by atoms with Crippen molar-refractivity contribution in [3.63, 3.8) is 0 Å². The first-order chi connectivity index (χ1) is 14.9. The van der Waals surface area contributed by atoms with Gasteiger partial charge in [-0.2, -0.15) is 0 Å². The molecule has 1 saturated carbocycles. The third kappa shape index (κ3) is 3.72. The second-order valence-electron chi connectivity index (χ2n) is 8.19. The van der Waals surface area contributed by atoms with Crippen molar-refractivity contribution in [1.29, 1.82) is 0 Å². The highest BCUT2D eigenvalue weighted by Crippen LogP contribution is 2.42. The number of hydrogen-bond acceptors (Lipinski definition) is 7. The number of aromatic amines is 1. The summed E-state index contributed by atoms with van der Waals surface area (Å²) in [7, 11) is 4.66. The fourth-order valence-corrected chi connectivity index (χ4v) is 4.22. The van der Waals surface area contributed by atoms with Crippen molar-refractivity contribution < 1.29 is 24.1 Å². The molecule has 4 rings (SSSR count). The van der Waals surface area contributed by atoms with Gasteiger partial charge in [-0.1, -0.05) is 6.92 Å². The topological polar surface area (TPSA) is 107 Å². The quantitative estimate of drug-likeness (QED) is 0.579. The number of rotatable bonds is 6. The zero-order chi connectivity index (χ0) is 22.2. The Bertz CT molecular complexity index is 1090. The molecule has 2 N–H and O–H groups in total. The van der Waals surface area contributed by atoms with E-state index >= 15 is 0 Å². The second kappa shape index (κ2) is 8.19. The molecule has 8 heteroatoms. The zero-order valence-electron chi connectivity index (χ0n) is 18.2. The van der Waals surface area contributed by atoms with E-state index < -0.39 is 5.41 Å². The molecule has 31 heavy (non-hydrogen) atoms. The van der Waals surface area contributed by atoms with Crippen molar-refractivity contribution in [2.45, 2.75) is 38.7 Å². The van der Waals surface area contributed by atoms with Crippen LogP contribution in [0, 0.1) is 5.41 Å². The zero-order valence-corrected chi connectivity index (χ0v) is 18.2. The lowest BCUT2D eigenvalue weighted by Crippen LogP contribution is -2.34. The Labute approximate surface area is 180 Å².